The van der Waals surface area contributed by atoms with E-state index in [0.29, 0.717) is 0 Å². The van der Waals surface area contributed by atoms with Crippen LogP contribution in [0.25, 0.3) is 5.52 Å². The first-order valence-electron chi connectivity index (χ1n) is 6.01. The number of aromatic amines is 1. The van der Waals surface area contributed by atoms with E-state index in [1.54, 1.807) is 6.92 Å². The molecular formula is C12H11F4N3O4. The van der Waals surface area contributed by atoms with E-state index in [1.807, 2.05) is 0 Å². The SMILES string of the molecule is CCOC(=O)c1c[nH][n+]2ccc(N)c(F)c12.O=C([O-])C(F)(F)F. The molecule has 2 rings (SSSR count). The Balaban J connectivity index is 0.000000322. The third kappa shape index (κ3) is 4.31. The highest BCUT2D eigenvalue weighted by Crippen LogP contribution is 2.16. The van der Waals surface area contributed by atoms with E-state index in [9.17, 15) is 22.4 Å². The van der Waals surface area contributed by atoms with E-state index in [1.165, 1.54) is 23.0 Å². The van der Waals surface area contributed by atoms with Gasteiger partial charge in [-0.3, -0.25) is 0 Å². The molecule has 0 aliphatic rings. The Hall–Kier alpha value is -2.85. The predicted octanol–water partition coefficient (Wildman–Crippen LogP) is -0.0500. The third-order valence-electron chi connectivity index (χ3n) is 2.44. The number of carbonyl (C=O) groups excluding carboxylic acids is 2. The highest BCUT2D eigenvalue weighted by Gasteiger charge is 2.28. The zero-order valence-electron chi connectivity index (χ0n) is 11.6. The Morgan fingerprint density at radius 3 is 2.48 bits per heavy atom. The van der Waals surface area contributed by atoms with Gasteiger partial charge in [-0.2, -0.15) is 22.7 Å². The largest absolute Gasteiger partial charge is 0.542 e. The average Bonchev–Trinajstić information content (AvgIpc) is 2.87. The molecule has 7 nitrogen and oxygen atoms in total. The molecule has 0 radical (unpaired) electrons. The summed E-state index contributed by atoms with van der Waals surface area (Å²) in [5.74, 6) is -4.22. The summed E-state index contributed by atoms with van der Waals surface area (Å²) in [7, 11) is 0. The van der Waals surface area contributed by atoms with Crippen molar-refractivity contribution >= 4 is 23.1 Å². The number of hydrogen-bond donors (Lipinski definition) is 2. The summed E-state index contributed by atoms with van der Waals surface area (Å²) in [6.07, 6.45) is -2.27. The number of aliphatic carboxylic acids is 1. The van der Waals surface area contributed by atoms with Crippen LogP contribution >= 0.6 is 0 Å². The number of halogens is 4. The highest BCUT2D eigenvalue weighted by molar-refractivity contribution is 5.96. The van der Waals surface area contributed by atoms with Crippen molar-refractivity contribution in [3.05, 3.63) is 29.8 Å². The molecule has 0 unspecified atom stereocenters. The minimum absolute atomic E-state index is 0.00912. The van der Waals surface area contributed by atoms with Crippen molar-refractivity contribution in [1.82, 2.24) is 5.10 Å². The van der Waals surface area contributed by atoms with Crippen LogP contribution in [0.1, 0.15) is 17.3 Å². The summed E-state index contributed by atoms with van der Waals surface area (Å²) in [6, 6.07) is 1.41. The first-order chi connectivity index (χ1) is 10.6. The van der Waals surface area contributed by atoms with Gasteiger partial charge in [0.2, 0.25) is 12.0 Å². The number of carboxylic acids is 1. The molecule has 23 heavy (non-hydrogen) atoms. The molecule has 0 aromatic carbocycles. The van der Waals surface area contributed by atoms with Crippen molar-refractivity contribution in [3.8, 4) is 0 Å². The van der Waals surface area contributed by atoms with Crippen LogP contribution in [-0.2, 0) is 9.53 Å². The van der Waals surface area contributed by atoms with Crippen LogP contribution in [0.2, 0.25) is 0 Å². The maximum atomic E-state index is 13.7. The molecule has 3 N–H and O–H groups in total. The number of nitrogen functional groups attached to an aromatic ring is 1. The van der Waals surface area contributed by atoms with Gasteiger partial charge in [0, 0.05) is 6.07 Å². The monoisotopic (exact) mass is 337 g/mol. The number of nitrogens with zero attached hydrogens (tertiary/aromatic N) is 1. The van der Waals surface area contributed by atoms with Crippen molar-refractivity contribution in [2.75, 3.05) is 12.3 Å². The maximum absolute atomic E-state index is 13.7. The van der Waals surface area contributed by atoms with Crippen molar-refractivity contribution in [2.45, 2.75) is 13.1 Å². The van der Waals surface area contributed by atoms with Crippen LogP contribution in [0.3, 0.4) is 0 Å². The lowest BCUT2D eigenvalue weighted by atomic mass is 10.2. The van der Waals surface area contributed by atoms with Crippen molar-refractivity contribution in [3.63, 3.8) is 0 Å². The van der Waals surface area contributed by atoms with Crippen molar-refractivity contribution in [2.24, 2.45) is 0 Å². The summed E-state index contributed by atoms with van der Waals surface area (Å²) in [5.41, 5.74) is 5.65. The number of carboxylic acid groups (broad SMARTS) is 1. The molecule has 0 amide bonds. The normalized spacial score (nSPS) is 10.8. The Morgan fingerprint density at radius 1 is 1.43 bits per heavy atom. The summed E-state index contributed by atoms with van der Waals surface area (Å²) in [4.78, 5) is 20.3. The molecule has 0 bridgehead atoms. The number of hydrogen-bond acceptors (Lipinski definition) is 5. The van der Waals surface area contributed by atoms with Gasteiger partial charge in [-0.25, -0.2) is 4.79 Å². The van der Waals surface area contributed by atoms with Crippen LogP contribution in [0.5, 0.6) is 0 Å². The number of ether oxygens (including phenoxy) is 1. The lowest BCUT2D eigenvalue weighted by Crippen LogP contribution is -2.37. The second-order valence-electron chi connectivity index (χ2n) is 4.00. The van der Waals surface area contributed by atoms with Crippen LogP contribution in [0, 0.1) is 5.82 Å². The van der Waals surface area contributed by atoms with E-state index >= 15 is 0 Å². The molecule has 0 fully saturated rings. The number of anilines is 1. The first kappa shape index (κ1) is 18.2. The standard InChI is InChI=1S/C10H10FN3O2.C2HF3O2/c1-2-16-10(15)6-5-13-14-4-3-7(12)8(11)9(6)14;3-2(4,5)1(6)7/h3-5H,2H2,1H3,(H2,12,13,15);(H,6,7). The van der Waals surface area contributed by atoms with Crippen molar-refractivity contribution in [1.29, 1.82) is 0 Å². The van der Waals surface area contributed by atoms with Gasteiger partial charge in [0.15, 0.2) is 5.56 Å². The minimum atomic E-state index is -5.19. The molecule has 11 heteroatoms. The highest BCUT2D eigenvalue weighted by atomic mass is 19.4. The van der Waals surface area contributed by atoms with Gasteiger partial charge in [0.1, 0.15) is 5.97 Å². The third-order valence-corrected chi connectivity index (χ3v) is 2.44. The smallest absolute Gasteiger partial charge is 0.430 e. The molecule has 0 spiro atoms. The fraction of sp³-hybridized carbons (Fsp3) is 0.250. The predicted molar refractivity (Wildman–Crippen MR) is 65.3 cm³/mol. The number of nitrogens with one attached hydrogen (secondary N) is 1. The number of H-pyrrole nitrogens is 1. The molecule has 0 saturated carbocycles. The van der Waals surface area contributed by atoms with Gasteiger partial charge in [0.05, 0.1) is 18.5 Å². The number of alkyl halides is 3. The summed E-state index contributed by atoms with van der Waals surface area (Å²) < 4.78 is 51.5. The van der Waals surface area contributed by atoms with E-state index in [-0.39, 0.29) is 23.4 Å². The molecule has 0 aliphatic carbocycles. The summed E-state index contributed by atoms with van der Waals surface area (Å²) in [5, 5.41) is 11.5. The second-order valence-corrected chi connectivity index (χ2v) is 4.00. The fourth-order valence-corrected chi connectivity index (χ4v) is 1.47. The summed E-state index contributed by atoms with van der Waals surface area (Å²) in [6.45, 7) is 1.92. The number of fused-ring (bicyclic) bond motifs is 1. The van der Waals surface area contributed by atoms with Crippen LogP contribution in [-0.4, -0.2) is 29.8 Å². The molecular weight excluding hydrogens is 326 g/mol. The number of carbonyl (C=O) groups is 2. The lowest BCUT2D eigenvalue weighted by molar-refractivity contribution is -0.577. The number of pyridine rings is 1. The van der Waals surface area contributed by atoms with Gasteiger partial charge in [-0.15, -0.1) is 0 Å². The topological polar surface area (TPSA) is 112 Å². The van der Waals surface area contributed by atoms with E-state index in [0.717, 1.165) is 0 Å². The van der Waals surface area contributed by atoms with Gasteiger partial charge in [0.25, 0.3) is 5.52 Å². The summed E-state index contributed by atoms with van der Waals surface area (Å²) >= 11 is 0. The number of rotatable bonds is 2. The van der Waals surface area contributed by atoms with Crippen molar-refractivity contribution < 1.29 is 41.5 Å². The van der Waals surface area contributed by atoms with Gasteiger partial charge in [-0.05, 0) is 6.92 Å². The number of esters is 1. The Morgan fingerprint density at radius 2 is 2.00 bits per heavy atom. The first-order valence-corrected chi connectivity index (χ1v) is 6.01. The number of aromatic nitrogens is 2. The zero-order valence-corrected chi connectivity index (χ0v) is 11.6. The van der Waals surface area contributed by atoms with Crippen LogP contribution < -0.4 is 15.4 Å². The lowest BCUT2D eigenvalue weighted by Gasteiger charge is -2.03. The minimum Gasteiger partial charge on any atom is -0.542 e. The molecule has 0 saturated heterocycles. The Bertz CT molecular complexity index is 727. The molecule has 0 aliphatic heterocycles. The van der Waals surface area contributed by atoms with Crippen LogP contribution in [0.4, 0.5) is 23.2 Å². The second kappa shape index (κ2) is 6.94. The molecule has 2 heterocycles. The quantitative estimate of drug-likeness (QED) is 0.453. The number of nitrogens with two attached hydrogens (primary N) is 1. The average molecular weight is 337 g/mol. The van der Waals surface area contributed by atoms with Crippen LogP contribution in [0.15, 0.2) is 18.5 Å². The zero-order chi connectivity index (χ0) is 17.8. The van der Waals surface area contributed by atoms with E-state index in [2.05, 4.69) is 5.10 Å². The molecule has 2 aromatic rings. The molecule has 126 valence electrons. The Kier molecular flexibility index (Phi) is 5.49. The van der Waals surface area contributed by atoms with Gasteiger partial charge < -0.3 is 20.4 Å². The fourth-order valence-electron chi connectivity index (χ4n) is 1.47. The van der Waals surface area contributed by atoms with E-state index in [4.69, 9.17) is 20.4 Å². The van der Waals surface area contributed by atoms with Gasteiger partial charge >= 0.3 is 12.1 Å². The maximum Gasteiger partial charge on any atom is 0.430 e. The van der Waals surface area contributed by atoms with Gasteiger partial charge in [-0.1, -0.05) is 4.52 Å². The molecule has 2 aromatic heterocycles. The van der Waals surface area contributed by atoms with E-state index < -0.39 is 23.9 Å². The molecule has 0 atom stereocenters. The Labute approximate surface area is 126 Å².